The lowest BCUT2D eigenvalue weighted by Crippen LogP contribution is -2.07. The maximum absolute atomic E-state index is 9.49. The van der Waals surface area contributed by atoms with Crippen molar-refractivity contribution in [1.82, 2.24) is 0 Å². The lowest BCUT2D eigenvalue weighted by Gasteiger charge is -2.18. The minimum absolute atomic E-state index is 0.298. The zero-order valence-corrected chi connectivity index (χ0v) is 11.6. The third-order valence-electron chi connectivity index (χ3n) is 2.99. The first-order chi connectivity index (χ1) is 7.99. The summed E-state index contributed by atoms with van der Waals surface area (Å²) in [5, 5.41) is 9.49. The molecular formula is C15H24O2. The third-order valence-corrected chi connectivity index (χ3v) is 2.99. The molecule has 0 bridgehead atoms. The van der Waals surface area contributed by atoms with Gasteiger partial charge in [-0.3, -0.25) is 0 Å². The molecule has 0 radical (unpaired) electrons. The van der Waals surface area contributed by atoms with Gasteiger partial charge in [-0.05, 0) is 42.4 Å². The molecule has 2 nitrogen and oxygen atoms in total. The highest BCUT2D eigenvalue weighted by atomic mass is 16.5. The molecule has 1 N–H and O–H groups in total. The van der Waals surface area contributed by atoms with Gasteiger partial charge in [0.05, 0.1) is 13.2 Å². The Balaban J connectivity index is 3.24. The third kappa shape index (κ3) is 3.47. The quantitative estimate of drug-likeness (QED) is 0.850. The Morgan fingerprint density at radius 3 is 2.29 bits per heavy atom. The van der Waals surface area contributed by atoms with Gasteiger partial charge in [-0.2, -0.15) is 0 Å². The van der Waals surface area contributed by atoms with E-state index in [4.69, 9.17) is 4.74 Å². The highest BCUT2D eigenvalue weighted by Crippen LogP contribution is 2.32. The van der Waals surface area contributed by atoms with E-state index in [1.807, 2.05) is 6.92 Å². The normalized spacial score (nSPS) is 12.9. The molecule has 1 aromatic carbocycles. The lowest BCUT2D eigenvalue weighted by molar-refractivity contribution is 0.195. The fourth-order valence-electron chi connectivity index (χ4n) is 2.18. The maximum atomic E-state index is 9.49. The first-order valence-corrected chi connectivity index (χ1v) is 6.37. The Morgan fingerprint density at radius 2 is 1.88 bits per heavy atom. The number of aliphatic hydroxyl groups excluding tert-OH is 1. The van der Waals surface area contributed by atoms with E-state index in [1.165, 1.54) is 16.7 Å². The Kier molecular flexibility index (Phi) is 5.01. The molecule has 1 atom stereocenters. The SMILES string of the molecule is CCc1cc(CC(C)O)cc(C(C)C)c1OC. The van der Waals surface area contributed by atoms with Crippen molar-refractivity contribution in [3.63, 3.8) is 0 Å². The van der Waals surface area contributed by atoms with Crippen molar-refractivity contribution in [3.05, 3.63) is 28.8 Å². The maximum Gasteiger partial charge on any atom is 0.125 e. The van der Waals surface area contributed by atoms with Crippen molar-refractivity contribution in [3.8, 4) is 5.75 Å². The van der Waals surface area contributed by atoms with Gasteiger partial charge in [0, 0.05) is 0 Å². The van der Waals surface area contributed by atoms with Gasteiger partial charge in [0.15, 0.2) is 0 Å². The minimum atomic E-state index is -0.298. The van der Waals surface area contributed by atoms with Gasteiger partial charge in [-0.1, -0.05) is 32.9 Å². The molecule has 1 unspecified atom stereocenters. The van der Waals surface area contributed by atoms with Gasteiger partial charge in [-0.25, -0.2) is 0 Å². The number of hydrogen-bond acceptors (Lipinski definition) is 2. The average molecular weight is 236 g/mol. The predicted molar refractivity (Wildman–Crippen MR) is 71.8 cm³/mol. The van der Waals surface area contributed by atoms with Gasteiger partial charge < -0.3 is 9.84 Å². The van der Waals surface area contributed by atoms with E-state index < -0.39 is 0 Å². The van der Waals surface area contributed by atoms with Crippen molar-refractivity contribution in [2.45, 2.75) is 52.6 Å². The van der Waals surface area contributed by atoms with Crippen LogP contribution in [0.2, 0.25) is 0 Å². The van der Waals surface area contributed by atoms with Crippen LogP contribution < -0.4 is 4.74 Å². The van der Waals surface area contributed by atoms with Crippen LogP contribution in [-0.4, -0.2) is 18.3 Å². The molecule has 1 rings (SSSR count). The number of ether oxygens (including phenoxy) is 1. The van der Waals surface area contributed by atoms with Crippen molar-refractivity contribution in [2.24, 2.45) is 0 Å². The molecule has 0 saturated carbocycles. The zero-order valence-electron chi connectivity index (χ0n) is 11.6. The van der Waals surface area contributed by atoms with E-state index in [0.717, 1.165) is 12.2 Å². The number of aliphatic hydroxyl groups is 1. The number of methoxy groups -OCH3 is 1. The largest absolute Gasteiger partial charge is 0.496 e. The average Bonchev–Trinajstić information content (AvgIpc) is 2.26. The summed E-state index contributed by atoms with van der Waals surface area (Å²) in [6, 6.07) is 4.31. The molecule has 2 heteroatoms. The van der Waals surface area contributed by atoms with Gasteiger partial charge in [-0.15, -0.1) is 0 Å². The smallest absolute Gasteiger partial charge is 0.125 e. The minimum Gasteiger partial charge on any atom is -0.496 e. The second-order valence-electron chi connectivity index (χ2n) is 4.94. The number of benzene rings is 1. The van der Waals surface area contributed by atoms with Crippen LogP contribution in [0.1, 0.15) is 50.3 Å². The molecule has 17 heavy (non-hydrogen) atoms. The molecule has 0 aliphatic rings. The molecule has 0 fully saturated rings. The van der Waals surface area contributed by atoms with E-state index in [2.05, 4.69) is 32.9 Å². The zero-order chi connectivity index (χ0) is 13.0. The van der Waals surface area contributed by atoms with E-state index in [-0.39, 0.29) is 6.10 Å². The van der Waals surface area contributed by atoms with E-state index >= 15 is 0 Å². The highest BCUT2D eigenvalue weighted by molar-refractivity contribution is 5.46. The summed E-state index contributed by atoms with van der Waals surface area (Å²) in [5.74, 6) is 1.45. The van der Waals surface area contributed by atoms with E-state index in [0.29, 0.717) is 12.3 Å². The summed E-state index contributed by atoms with van der Waals surface area (Å²) < 4.78 is 5.53. The summed E-state index contributed by atoms with van der Waals surface area (Å²) in [7, 11) is 1.73. The molecular weight excluding hydrogens is 212 g/mol. The molecule has 0 amide bonds. The van der Waals surface area contributed by atoms with Crippen LogP contribution in [-0.2, 0) is 12.8 Å². The Bertz CT molecular complexity index is 367. The van der Waals surface area contributed by atoms with Crippen molar-refractivity contribution in [1.29, 1.82) is 0 Å². The Hall–Kier alpha value is -1.02. The fourth-order valence-corrected chi connectivity index (χ4v) is 2.18. The molecule has 0 spiro atoms. The topological polar surface area (TPSA) is 29.5 Å². The molecule has 0 aliphatic heterocycles. The van der Waals surface area contributed by atoms with Crippen LogP contribution in [0.15, 0.2) is 12.1 Å². The van der Waals surface area contributed by atoms with Crippen molar-refractivity contribution in [2.75, 3.05) is 7.11 Å². The molecule has 1 aromatic rings. The molecule has 0 heterocycles. The number of rotatable bonds is 5. The van der Waals surface area contributed by atoms with Crippen LogP contribution in [0, 0.1) is 0 Å². The monoisotopic (exact) mass is 236 g/mol. The van der Waals surface area contributed by atoms with Crippen LogP contribution in [0.3, 0.4) is 0 Å². The Morgan fingerprint density at radius 1 is 1.24 bits per heavy atom. The van der Waals surface area contributed by atoms with Gasteiger partial charge in [0.1, 0.15) is 5.75 Å². The van der Waals surface area contributed by atoms with Crippen molar-refractivity contribution < 1.29 is 9.84 Å². The second-order valence-corrected chi connectivity index (χ2v) is 4.94. The summed E-state index contributed by atoms with van der Waals surface area (Å²) >= 11 is 0. The van der Waals surface area contributed by atoms with Crippen LogP contribution in [0.25, 0.3) is 0 Å². The van der Waals surface area contributed by atoms with Crippen LogP contribution in [0.5, 0.6) is 5.75 Å². The van der Waals surface area contributed by atoms with Crippen LogP contribution >= 0.6 is 0 Å². The summed E-state index contributed by atoms with van der Waals surface area (Å²) in [4.78, 5) is 0. The Labute approximate surface area is 105 Å². The lowest BCUT2D eigenvalue weighted by atomic mass is 9.93. The molecule has 0 aliphatic carbocycles. The predicted octanol–water partition coefficient (Wildman–Crippen LogP) is 3.30. The molecule has 0 aromatic heterocycles. The van der Waals surface area contributed by atoms with E-state index in [1.54, 1.807) is 7.11 Å². The summed E-state index contributed by atoms with van der Waals surface area (Å²) in [6.07, 6.45) is 1.36. The van der Waals surface area contributed by atoms with Gasteiger partial charge >= 0.3 is 0 Å². The number of aryl methyl sites for hydroxylation is 1. The molecule has 0 saturated heterocycles. The van der Waals surface area contributed by atoms with Crippen LogP contribution in [0.4, 0.5) is 0 Å². The number of hydrogen-bond donors (Lipinski definition) is 1. The first-order valence-electron chi connectivity index (χ1n) is 6.37. The highest BCUT2D eigenvalue weighted by Gasteiger charge is 2.14. The second kappa shape index (κ2) is 6.06. The van der Waals surface area contributed by atoms with Gasteiger partial charge in [0.2, 0.25) is 0 Å². The van der Waals surface area contributed by atoms with Gasteiger partial charge in [0.25, 0.3) is 0 Å². The molecule has 96 valence electrons. The fraction of sp³-hybridized carbons (Fsp3) is 0.600. The summed E-state index contributed by atoms with van der Waals surface area (Å²) in [5.41, 5.74) is 3.67. The standard InChI is InChI=1S/C15H24O2/c1-6-13-8-12(7-11(4)16)9-14(10(2)3)15(13)17-5/h8-11,16H,6-7H2,1-5H3. The summed E-state index contributed by atoms with van der Waals surface area (Å²) in [6.45, 7) is 8.30. The van der Waals surface area contributed by atoms with Crippen molar-refractivity contribution >= 4 is 0 Å². The van der Waals surface area contributed by atoms with E-state index in [9.17, 15) is 5.11 Å². The first kappa shape index (κ1) is 14.0.